The van der Waals surface area contributed by atoms with Crippen LogP contribution in [-0.2, 0) is 0 Å². The maximum atomic E-state index is 13.6. The van der Waals surface area contributed by atoms with Crippen LogP contribution in [0.2, 0.25) is 0 Å². The Morgan fingerprint density at radius 2 is 1.65 bits per heavy atom. The van der Waals surface area contributed by atoms with E-state index in [2.05, 4.69) is 13.0 Å². The zero-order valence-electron chi connectivity index (χ0n) is 21.6. The summed E-state index contributed by atoms with van der Waals surface area (Å²) in [5.74, 6) is 0.219. The second-order valence-corrected chi connectivity index (χ2v) is 9.39. The van der Waals surface area contributed by atoms with E-state index < -0.39 is 0 Å². The standard InChI is InChI=1S/C30H28N4O3/c1-18-8-11-23(12-9-18)26(35)17-37-27-7-6-14-33-29(27)31-22(5)28(30(33)36)24-16-21(4)34(32-24)25-13-10-19(2)15-20(25)3/h6-16H,17H2,1-5H3. The van der Waals surface area contributed by atoms with Gasteiger partial charge in [0.1, 0.15) is 5.69 Å². The number of ketones is 1. The molecule has 0 aliphatic carbocycles. The maximum Gasteiger partial charge on any atom is 0.267 e. The van der Waals surface area contributed by atoms with Crippen molar-refractivity contribution in [2.24, 2.45) is 0 Å². The Labute approximate surface area is 215 Å². The minimum atomic E-state index is -0.247. The van der Waals surface area contributed by atoms with Gasteiger partial charge in [0.25, 0.3) is 5.56 Å². The fraction of sp³-hybridized carbons (Fsp3) is 0.200. The molecule has 0 aliphatic heterocycles. The normalized spacial score (nSPS) is 11.2. The number of aromatic nitrogens is 4. The number of benzene rings is 2. The third kappa shape index (κ3) is 4.56. The zero-order valence-corrected chi connectivity index (χ0v) is 21.6. The largest absolute Gasteiger partial charge is 0.482 e. The molecule has 0 aliphatic rings. The van der Waals surface area contributed by atoms with Gasteiger partial charge >= 0.3 is 0 Å². The molecule has 0 bridgehead atoms. The number of Topliss-reactive ketones (excluding diaryl/α,β-unsaturated/α-hetero) is 1. The number of ether oxygens (including phenoxy) is 1. The van der Waals surface area contributed by atoms with Crippen molar-refractivity contribution in [2.75, 3.05) is 6.61 Å². The van der Waals surface area contributed by atoms with Gasteiger partial charge in [0.05, 0.1) is 16.9 Å². The van der Waals surface area contributed by atoms with Crippen molar-refractivity contribution in [1.82, 2.24) is 19.2 Å². The molecular formula is C30H28N4O3. The predicted molar refractivity (Wildman–Crippen MR) is 144 cm³/mol. The molecule has 0 N–H and O–H groups in total. The van der Waals surface area contributed by atoms with Gasteiger partial charge in [0.2, 0.25) is 0 Å². The smallest absolute Gasteiger partial charge is 0.267 e. The van der Waals surface area contributed by atoms with Crippen molar-refractivity contribution in [1.29, 1.82) is 0 Å². The molecule has 0 saturated carbocycles. The molecule has 7 heteroatoms. The van der Waals surface area contributed by atoms with E-state index >= 15 is 0 Å². The van der Waals surface area contributed by atoms with Crippen LogP contribution in [0.1, 0.15) is 38.4 Å². The Bertz CT molecular complexity index is 1710. The first-order chi connectivity index (χ1) is 17.7. The molecule has 5 rings (SSSR count). The molecule has 3 heterocycles. The van der Waals surface area contributed by atoms with Gasteiger partial charge < -0.3 is 4.74 Å². The van der Waals surface area contributed by atoms with E-state index in [1.807, 2.05) is 55.8 Å². The Morgan fingerprint density at radius 3 is 2.38 bits per heavy atom. The molecule has 0 spiro atoms. The van der Waals surface area contributed by atoms with Crippen LogP contribution >= 0.6 is 0 Å². The SMILES string of the molecule is Cc1ccc(C(=O)COc2cccn3c(=O)c(-c4cc(C)n(-c5ccc(C)cc5C)n4)c(C)nc23)cc1. The van der Waals surface area contributed by atoms with E-state index in [0.717, 1.165) is 22.5 Å². The second-order valence-electron chi connectivity index (χ2n) is 9.39. The first-order valence-corrected chi connectivity index (χ1v) is 12.1. The summed E-state index contributed by atoms with van der Waals surface area (Å²) in [6, 6.07) is 18.9. The topological polar surface area (TPSA) is 78.5 Å². The summed E-state index contributed by atoms with van der Waals surface area (Å²) in [5.41, 5.74) is 7.45. The average molecular weight is 493 g/mol. The highest BCUT2D eigenvalue weighted by Gasteiger charge is 2.19. The van der Waals surface area contributed by atoms with E-state index in [1.54, 1.807) is 37.4 Å². The van der Waals surface area contributed by atoms with Gasteiger partial charge in [-0.1, -0.05) is 47.5 Å². The van der Waals surface area contributed by atoms with Gasteiger partial charge in [0, 0.05) is 17.5 Å². The molecule has 7 nitrogen and oxygen atoms in total. The van der Waals surface area contributed by atoms with Crippen LogP contribution in [0.15, 0.2) is 71.7 Å². The van der Waals surface area contributed by atoms with E-state index in [1.165, 1.54) is 9.96 Å². The molecule has 0 fully saturated rings. The van der Waals surface area contributed by atoms with E-state index in [0.29, 0.717) is 33.9 Å². The first kappa shape index (κ1) is 24.2. The number of fused-ring (bicyclic) bond motifs is 1. The lowest BCUT2D eigenvalue weighted by atomic mass is 10.1. The van der Waals surface area contributed by atoms with Crippen LogP contribution in [0.3, 0.4) is 0 Å². The number of carbonyl (C=O) groups excluding carboxylic acids is 1. The van der Waals surface area contributed by atoms with Crippen LogP contribution in [0.25, 0.3) is 22.6 Å². The number of aryl methyl sites for hydroxylation is 5. The molecular weight excluding hydrogens is 464 g/mol. The minimum absolute atomic E-state index is 0.148. The third-order valence-corrected chi connectivity index (χ3v) is 6.46. The lowest BCUT2D eigenvalue weighted by Crippen LogP contribution is -2.20. The molecule has 2 aromatic carbocycles. The van der Waals surface area contributed by atoms with E-state index in [4.69, 9.17) is 14.8 Å². The van der Waals surface area contributed by atoms with Crippen molar-refractivity contribution in [3.8, 4) is 22.7 Å². The van der Waals surface area contributed by atoms with Gasteiger partial charge in [-0.3, -0.25) is 14.0 Å². The molecule has 5 aromatic rings. The van der Waals surface area contributed by atoms with Gasteiger partial charge in [-0.15, -0.1) is 0 Å². The summed E-state index contributed by atoms with van der Waals surface area (Å²) < 4.78 is 9.13. The summed E-state index contributed by atoms with van der Waals surface area (Å²) in [6.07, 6.45) is 1.65. The Hall–Kier alpha value is -4.52. The number of carbonyl (C=O) groups is 1. The summed E-state index contributed by atoms with van der Waals surface area (Å²) in [5, 5.41) is 4.78. The molecule has 186 valence electrons. The number of hydrogen-bond donors (Lipinski definition) is 0. The Morgan fingerprint density at radius 1 is 0.919 bits per heavy atom. The van der Waals surface area contributed by atoms with Gasteiger partial charge in [0.15, 0.2) is 23.8 Å². The monoisotopic (exact) mass is 492 g/mol. The Balaban J connectivity index is 1.51. The van der Waals surface area contributed by atoms with Crippen LogP contribution in [0.4, 0.5) is 0 Å². The minimum Gasteiger partial charge on any atom is -0.482 e. The number of pyridine rings is 1. The van der Waals surface area contributed by atoms with Crippen LogP contribution < -0.4 is 10.3 Å². The van der Waals surface area contributed by atoms with E-state index in [-0.39, 0.29) is 17.9 Å². The maximum absolute atomic E-state index is 13.6. The lowest BCUT2D eigenvalue weighted by Gasteiger charge is -2.11. The quantitative estimate of drug-likeness (QED) is 0.299. The fourth-order valence-corrected chi connectivity index (χ4v) is 4.50. The fourth-order valence-electron chi connectivity index (χ4n) is 4.50. The molecule has 0 atom stereocenters. The van der Waals surface area contributed by atoms with Crippen molar-refractivity contribution in [3.63, 3.8) is 0 Å². The average Bonchev–Trinajstić information content (AvgIpc) is 3.23. The Kier molecular flexibility index (Phi) is 6.21. The van der Waals surface area contributed by atoms with Gasteiger partial charge in [-0.05, 0) is 64.4 Å². The number of rotatable bonds is 6. The molecule has 0 radical (unpaired) electrons. The van der Waals surface area contributed by atoms with Crippen LogP contribution in [0.5, 0.6) is 5.75 Å². The lowest BCUT2D eigenvalue weighted by molar-refractivity contribution is 0.0922. The van der Waals surface area contributed by atoms with E-state index in [9.17, 15) is 9.59 Å². The van der Waals surface area contributed by atoms with Crippen molar-refractivity contribution in [2.45, 2.75) is 34.6 Å². The van der Waals surface area contributed by atoms with Crippen molar-refractivity contribution in [3.05, 3.63) is 111 Å². The molecule has 0 amide bonds. The van der Waals surface area contributed by atoms with Crippen molar-refractivity contribution < 1.29 is 9.53 Å². The summed E-state index contributed by atoms with van der Waals surface area (Å²) in [7, 11) is 0. The highest BCUT2D eigenvalue weighted by atomic mass is 16.5. The van der Waals surface area contributed by atoms with Gasteiger partial charge in [-0.25, -0.2) is 9.67 Å². The highest BCUT2D eigenvalue weighted by Crippen LogP contribution is 2.25. The third-order valence-electron chi connectivity index (χ3n) is 6.46. The predicted octanol–water partition coefficient (Wildman–Crippen LogP) is 5.35. The molecule has 3 aromatic heterocycles. The van der Waals surface area contributed by atoms with Crippen LogP contribution in [0, 0.1) is 34.6 Å². The summed E-state index contributed by atoms with van der Waals surface area (Å²) >= 11 is 0. The van der Waals surface area contributed by atoms with Crippen molar-refractivity contribution >= 4 is 11.4 Å². The second kappa shape index (κ2) is 9.50. The van der Waals surface area contributed by atoms with Crippen LogP contribution in [-0.4, -0.2) is 31.6 Å². The summed E-state index contributed by atoms with van der Waals surface area (Å²) in [4.78, 5) is 30.9. The molecule has 37 heavy (non-hydrogen) atoms. The first-order valence-electron chi connectivity index (χ1n) is 12.1. The zero-order chi connectivity index (χ0) is 26.3. The number of nitrogens with zero attached hydrogens (tertiary/aromatic N) is 4. The molecule has 0 unspecified atom stereocenters. The summed E-state index contributed by atoms with van der Waals surface area (Å²) in [6.45, 7) is 9.67. The highest BCUT2D eigenvalue weighted by molar-refractivity contribution is 5.97. The van der Waals surface area contributed by atoms with Gasteiger partial charge in [-0.2, -0.15) is 5.10 Å². The molecule has 0 saturated heterocycles. The number of hydrogen-bond acceptors (Lipinski definition) is 5.